The third-order valence-electron chi connectivity index (χ3n) is 4.19. The second-order valence-corrected chi connectivity index (χ2v) is 6.25. The first-order chi connectivity index (χ1) is 14.0. The number of anilines is 1. The predicted octanol–water partition coefficient (Wildman–Crippen LogP) is 1.74. The van der Waals surface area contributed by atoms with Crippen LogP contribution >= 0.6 is 0 Å². The summed E-state index contributed by atoms with van der Waals surface area (Å²) >= 11 is 0. The van der Waals surface area contributed by atoms with Gasteiger partial charge in [0.15, 0.2) is 5.65 Å². The van der Waals surface area contributed by atoms with E-state index in [9.17, 15) is 14.4 Å². The Kier molecular flexibility index (Phi) is 6.18. The standard InChI is InChI=1S/C20H21N5O4/c1-3-29-18(27)9-6-14-4-7-15(8-5-14)23-17(26)10-11-25-13-21-19-16(20(25)28)12-22-24(19)2/h4-9,12-13H,3,10-11H2,1-2H3,(H,23,26)/b9-6+. The van der Waals surface area contributed by atoms with Crippen LogP contribution in [-0.2, 0) is 27.9 Å². The molecule has 0 spiro atoms. The van der Waals surface area contributed by atoms with Gasteiger partial charge in [0.05, 0.1) is 19.1 Å². The molecule has 1 N–H and O–H groups in total. The average molecular weight is 395 g/mol. The van der Waals surface area contributed by atoms with Crippen molar-refractivity contribution in [2.24, 2.45) is 7.05 Å². The number of fused-ring (bicyclic) bond motifs is 1. The van der Waals surface area contributed by atoms with Crippen LogP contribution in [0.4, 0.5) is 5.69 Å². The zero-order valence-corrected chi connectivity index (χ0v) is 16.2. The van der Waals surface area contributed by atoms with Crippen molar-refractivity contribution in [3.63, 3.8) is 0 Å². The molecule has 0 saturated heterocycles. The molecule has 2 heterocycles. The van der Waals surface area contributed by atoms with E-state index in [1.807, 2.05) is 0 Å². The Hall–Kier alpha value is -3.75. The van der Waals surface area contributed by atoms with Gasteiger partial charge in [-0.1, -0.05) is 12.1 Å². The Morgan fingerprint density at radius 2 is 2.00 bits per heavy atom. The van der Waals surface area contributed by atoms with E-state index in [2.05, 4.69) is 15.4 Å². The fraction of sp³-hybridized carbons (Fsp3) is 0.250. The molecule has 2 aromatic heterocycles. The summed E-state index contributed by atoms with van der Waals surface area (Å²) in [6.07, 6.45) is 6.00. The number of benzene rings is 1. The fourth-order valence-electron chi connectivity index (χ4n) is 2.70. The lowest BCUT2D eigenvalue weighted by Gasteiger charge is -2.07. The molecule has 0 aliphatic heterocycles. The lowest BCUT2D eigenvalue weighted by molar-refractivity contribution is -0.137. The summed E-state index contributed by atoms with van der Waals surface area (Å²) in [7, 11) is 1.71. The molecule has 0 unspecified atom stereocenters. The Bertz CT molecular complexity index is 1110. The molecule has 1 aromatic carbocycles. The Morgan fingerprint density at radius 3 is 2.72 bits per heavy atom. The van der Waals surface area contributed by atoms with Crippen LogP contribution in [0.15, 0.2) is 47.7 Å². The smallest absolute Gasteiger partial charge is 0.330 e. The van der Waals surface area contributed by atoms with Gasteiger partial charge in [0.2, 0.25) is 5.91 Å². The van der Waals surface area contributed by atoms with Gasteiger partial charge in [0.25, 0.3) is 5.56 Å². The molecule has 9 heteroatoms. The average Bonchev–Trinajstić information content (AvgIpc) is 3.09. The first kappa shape index (κ1) is 20.0. The molecule has 0 radical (unpaired) electrons. The minimum atomic E-state index is -0.404. The molecule has 0 aliphatic carbocycles. The lowest BCUT2D eigenvalue weighted by Crippen LogP contribution is -2.23. The summed E-state index contributed by atoms with van der Waals surface area (Å²) in [5.41, 5.74) is 1.70. The number of esters is 1. The number of amides is 1. The van der Waals surface area contributed by atoms with Crippen molar-refractivity contribution in [2.75, 3.05) is 11.9 Å². The number of carbonyl (C=O) groups excluding carboxylic acids is 2. The van der Waals surface area contributed by atoms with E-state index in [0.717, 1.165) is 5.56 Å². The van der Waals surface area contributed by atoms with Crippen molar-refractivity contribution in [3.05, 3.63) is 58.8 Å². The molecule has 29 heavy (non-hydrogen) atoms. The number of aromatic nitrogens is 4. The van der Waals surface area contributed by atoms with Crippen LogP contribution in [0.5, 0.6) is 0 Å². The predicted molar refractivity (Wildman–Crippen MR) is 108 cm³/mol. The Morgan fingerprint density at radius 1 is 1.24 bits per heavy atom. The molecule has 3 aromatic rings. The van der Waals surface area contributed by atoms with Crippen LogP contribution in [0.2, 0.25) is 0 Å². The van der Waals surface area contributed by atoms with Gasteiger partial charge in [0.1, 0.15) is 5.39 Å². The van der Waals surface area contributed by atoms with Gasteiger partial charge < -0.3 is 10.1 Å². The van der Waals surface area contributed by atoms with Crippen molar-refractivity contribution in [1.82, 2.24) is 19.3 Å². The summed E-state index contributed by atoms with van der Waals surface area (Å²) in [6.45, 7) is 2.28. The van der Waals surface area contributed by atoms with E-state index < -0.39 is 5.97 Å². The van der Waals surface area contributed by atoms with E-state index in [1.165, 1.54) is 27.8 Å². The zero-order valence-electron chi connectivity index (χ0n) is 16.2. The highest BCUT2D eigenvalue weighted by molar-refractivity contribution is 5.91. The topological polar surface area (TPSA) is 108 Å². The van der Waals surface area contributed by atoms with Crippen molar-refractivity contribution >= 4 is 34.7 Å². The molecule has 0 saturated carbocycles. The van der Waals surface area contributed by atoms with Crippen molar-refractivity contribution in [1.29, 1.82) is 0 Å². The van der Waals surface area contributed by atoms with Gasteiger partial charge in [-0.05, 0) is 30.7 Å². The number of nitrogens with one attached hydrogen (secondary N) is 1. The minimum absolute atomic E-state index is 0.123. The molecular formula is C20H21N5O4. The first-order valence-electron chi connectivity index (χ1n) is 9.10. The maximum Gasteiger partial charge on any atom is 0.330 e. The maximum absolute atomic E-state index is 12.4. The monoisotopic (exact) mass is 395 g/mol. The number of hydrogen-bond donors (Lipinski definition) is 1. The van der Waals surface area contributed by atoms with E-state index >= 15 is 0 Å². The van der Waals surface area contributed by atoms with Gasteiger partial charge in [-0.15, -0.1) is 0 Å². The van der Waals surface area contributed by atoms with Gasteiger partial charge in [-0.25, -0.2) is 9.78 Å². The second kappa shape index (κ2) is 8.96. The van der Waals surface area contributed by atoms with Crippen LogP contribution in [0, 0.1) is 0 Å². The number of aryl methyl sites for hydroxylation is 2. The van der Waals surface area contributed by atoms with E-state index in [4.69, 9.17) is 4.74 Å². The highest BCUT2D eigenvalue weighted by atomic mass is 16.5. The lowest BCUT2D eigenvalue weighted by atomic mass is 10.2. The van der Waals surface area contributed by atoms with E-state index in [0.29, 0.717) is 23.3 Å². The van der Waals surface area contributed by atoms with Crippen LogP contribution < -0.4 is 10.9 Å². The molecule has 0 atom stereocenters. The molecule has 150 valence electrons. The van der Waals surface area contributed by atoms with Crippen molar-refractivity contribution in [3.8, 4) is 0 Å². The number of hydrogen-bond acceptors (Lipinski definition) is 6. The molecule has 3 rings (SSSR count). The van der Waals surface area contributed by atoms with Crippen LogP contribution in [0.3, 0.4) is 0 Å². The normalized spacial score (nSPS) is 11.1. The SMILES string of the molecule is CCOC(=O)/C=C/c1ccc(NC(=O)CCn2cnc3c(cnn3C)c2=O)cc1. The van der Waals surface area contributed by atoms with Gasteiger partial charge in [0, 0.05) is 31.8 Å². The van der Waals surface area contributed by atoms with Crippen molar-refractivity contribution in [2.45, 2.75) is 19.9 Å². The van der Waals surface area contributed by atoms with Gasteiger partial charge in [-0.3, -0.25) is 18.8 Å². The zero-order chi connectivity index (χ0) is 20.8. The third-order valence-corrected chi connectivity index (χ3v) is 4.19. The quantitative estimate of drug-likeness (QED) is 0.482. The molecule has 9 nitrogen and oxygen atoms in total. The van der Waals surface area contributed by atoms with Crippen LogP contribution in [0.25, 0.3) is 17.1 Å². The highest BCUT2D eigenvalue weighted by Gasteiger charge is 2.09. The summed E-state index contributed by atoms with van der Waals surface area (Å²) in [4.78, 5) is 40.1. The van der Waals surface area contributed by atoms with E-state index in [1.54, 1.807) is 44.3 Å². The molecule has 0 aliphatic rings. The van der Waals surface area contributed by atoms with E-state index in [-0.39, 0.29) is 24.4 Å². The number of carbonyl (C=O) groups is 2. The Labute approximate surface area is 166 Å². The second-order valence-electron chi connectivity index (χ2n) is 6.25. The molecular weight excluding hydrogens is 374 g/mol. The molecule has 0 fully saturated rings. The van der Waals surface area contributed by atoms with Crippen molar-refractivity contribution < 1.29 is 14.3 Å². The summed E-state index contributed by atoms with van der Waals surface area (Å²) in [5, 5.41) is 7.22. The maximum atomic E-state index is 12.4. The Balaban J connectivity index is 1.56. The highest BCUT2D eigenvalue weighted by Crippen LogP contribution is 2.11. The largest absolute Gasteiger partial charge is 0.463 e. The van der Waals surface area contributed by atoms with Crippen LogP contribution in [-0.4, -0.2) is 37.8 Å². The number of nitrogens with zero attached hydrogens (tertiary/aromatic N) is 4. The van der Waals surface area contributed by atoms with Gasteiger partial charge >= 0.3 is 5.97 Å². The summed E-state index contributed by atoms with van der Waals surface area (Å²) < 4.78 is 7.74. The first-order valence-corrected chi connectivity index (χ1v) is 9.10. The van der Waals surface area contributed by atoms with Gasteiger partial charge in [-0.2, -0.15) is 5.10 Å². The van der Waals surface area contributed by atoms with Crippen LogP contribution in [0.1, 0.15) is 18.9 Å². The fourth-order valence-corrected chi connectivity index (χ4v) is 2.70. The number of ether oxygens (including phenoxy) is 1. The molecule has 0 bridgehead atoms. The summed E-state index contributed by atoms with van der Waals surface area (Å²) in [6, 6.07) is 7.02. The number of rotatable bonds is 7. The third kappa shape index (κ3) is 4.95. The molecule has 1 amide bonds. The minimum Gasteiger partial charge on any atom is -0.463 e. The summed E-state index contributed by atoms with van der Waals surface area (Å²) in [5.74, 6) is -0.628.